The van der Waals surface area contributed by atoms with Crippen molar-refractivity contribution in [2.24, 2.45) is 0 Å². The quantitative estimate of drug-likeness (QED) is 0.575. The van der Waals surface area contributed by atoms with Gasteiger partial charge in [0.1, 0.15) is 0 Å². The minimum atomic E-state index is 0.0511. The predicted molar refractivity (Wildman–Crippen MR) is 56.4 cm³/mol. The van der Waals surface area contributed by atoms with Gasteiger partial charge in [0.05, 0.1) is 0 Å². The van der Waals surface area contributed by atoms with Gasteiger partial charge in [0.2, 0.25) is 0 Å². The third kappa shape index (κ3) is 1.74. The fourth-order valence-electron chi connectivity index (χ4n) is 1.34. The molecule has 1 heterocycles. The second kappa shape index (κ2) is 3.50. The summed E-state index contributed by atoms with van der Waals surface area (Å²) in [4.78, 5) is 12.9. The Bertz CT molecular complexity index is 374. The lowest BCUT2D eigenvalue weighted by Crippen LogP contribution is -2.04. The van der Waals surface area contributed by atoms with E-state index in [0.717, 1.165) is 11.1 Å². The Kier molecular flexibility index (Phi) is 2.19. The van der Waals surface area contributed by atoms with Crippen LogP contribution in [0.5, 0.6) is 0 Å². The van der Waals surface area contributed by atoms with E-state index in [-0.39, 0.29) is 5.78 Å². The number of allylic oxidation sites excluding steroid dienone is 8. The van der Waals surface area contributed by atoms with Gasteiger partial charge in [-0.05, 0) is 35.5 Å². The average molecular weight is 185 g/mol. The van der Waals surface area contributed by atoms with Crippen LogP contribution in [-0.4, -0.2) is 17.7 Å². The van der Waals surface area contributed by atoms with E-state index in [1.165, 1.54) is 0 Å². The van der Waals surface area contributed by atoms with Crippen LogP contribution in [0.25, 0.3) is 0 Å². The third-order valence-electron chi connectivity index (χ3n) is 2.17. The summed E-state index contributed by atoms with van der Waals surface area (Å²) in [6.07, 6.45) is 14.9. The van der Waals surface area contributed by atoms with Crippen LogP contribution in [0.1, 0.15) is 0 Å². The second-order valence-electron chi connectivity index (χ2n) is 3.28. The van der Waals surface area contributed by atoms with Crippen LogP contribution in [0.15, 0.2) is 60.0 Å². The highest BCUT2D eigenvalue weighted by atomic mass is 16.1. The highest BCUT2D eigenvalue weighted by Gasteiger charge is 2.03. The molecule has 0 unspecified atom stereocenters. The molecule has 0 fully saturated rings. The minimum absolute atomic E-state index is 0.0511. The van der Waals surface area contributed by atoms with Gasteiger partial charge in [-0.25, -0.2) is 0 Å². The van der Waals surface area contributed by atoms with Gasteiger partial charge in [-0.3, -0.25) is 4.79 Å². The number of carbonyl (C=O) groups excluding carboxylic acids is 1. The summed E-state index contributed by atoms with van der Waals surface area (Å²) in [5.74, 6) is 0.0511. The fourth-order valence-corrected chi connectivity index (χ4v) is 1.34. The molecule has 2 aliphatic rings. The molecule has 14 heavy (non-hydrogen) atoms. The summed E-state index contributed by atoms with van der Waals surface area (Å²) in [6, 6.07) is 0. The number of carbonyl (C=O) groups is 1. The molecule has 0 saturated carbocycles. The highest BCUT2D eigenvalue weighted by Crippen LogP contribution is 2.17. The molecule has 0 saturated heterocycles. The number of ketones is 1. The van der Waals surface area contributed by atoms with Crippen LogP contribution in [0.2, 0.25) is 0 Å². The first-order chi connectivity index (χ1) is 6.75. The second-order valence-corrected chi connectivity index (χ2v) is 3.28. The van der Waals surface area contributed by atoms with Crippen molar-refractivity contribution < 1.29 is 4.79 Å². The van der Waals surface area contributed by atoms with Gasteiger partial charge in [0, 0.05) is 19.4 Å². The number of rotatable bonds is 0. The van der Waals surface area contributed by atoms with Gasteiger partial charge in [-0.1, -0.05) is 12.2 Å². The van der Waals surface area contributed by atoms with Crippen LogP contribution in [0.4, 0.5) is 0 Å². The molecule has 2 heteroatoms. The zero-order chi connectivity index (χ0) is 9.97. The average Bonchev–Trinajstić information content (AvgIpc) is 2.21. The molecular weight excluding hydrogens is 174 g/mol. The van der Waals surface area contributed by atoms with Crippen molar-refractivity contribution in [3.05, 3.63) is 60.0 Å². The lowest BCUT2D eigenvalue weighted by atomic mass is 10.0. The predicted octanol–water partition coefficient (Wildman–Crippen LogP) is 1.95. The number of hydrogen-bond donors (Lipinski definition) is 0. The summed E-state index contributed by atoms with van der Waals surface area (Å²) >= 11 is 0. The topological polar surface area (TPSA) is 20.3 Å². The fraction of sp³-hybridized carbons (Fsp3) is 0.0833. The van der Waals surface area contributed by atoms with E-state index in [1.54, 1.807) is 12.2 Å². The van der Waals surface area contributed by atoms with Crippen molar-refractivity contribution in [3.63, 3.8) is 0 Å². The first kappa shape index (κ1) is 8.75. The summed E-state index contributed by atoms with van der Waals surface area (Å²) in [6.45, 7) is 0. The van der Waals surface area contributed by atoms with E-state index in [1.807, 2.05) is 48.7 Å². The Morgan fingerprint density at radius 3 is 1.93 bits per heavy atom. The van der Waals surface area contributed by atoms with Gasteiger partial charge < -0.3 is 4.90 Å². The van der Waals surface area contributed by atoms with Crippen LogP contribution in [0.3, 0.4) is 0 Å². The summed E-state index contributed by atoms with van der Waals surface area (Å²) < 4.78 is 0. The van der Waals surface area contributed by atoms with Crippen molar-refractivity contribution in [1.29, 1.82) is 0 Å². The van der Waals surface area contributed by atoms with Crippen LogP contribution < -0.4 is 0 Å². The molecule has 1 aliphatic carbocycles. The summed E-state index contributed by atoms with van der Waals surface area (Å²) in [5, 5.41) is 0. The Balaban J connectivity index is 2.30. The molecule has 0 radical (unpaired) electrons. The van der Waals surface area contributed by atoms with E-state index in [9.17, 15) is 4.79 Å². The van der Waals surface area contributed by atoms with Gasteiger partial charge in [-0.15, -0.1) is 0 Å². The normalized spacial score (nSPS) is 19.8. The zero-order valence-corrected chi connectivity index (χ0v) is 7.97. The van der Waals surface area contributed by atoms with Gasteiger partial charge in [0.25, 0.3) is 0 Å². The molecule has 0 spiro atoms. The zero-order valence-electron chi connectivity index (χ0n) is 7.97. The van der Waals surface area contributed by atoms with E-state index in [2.05, 4.69) is 0 Å². The monoisotopic (exact) mass is 185 g/mol. The Labute approximate surface area is 83.2 Å². The maximum Gasteiger partial charge on any atom is 0.178 e. The lowest BCUT2D eigenvalue weighted by Gasteiger charge is -2.13. The molecule has 0 atom stereocenters. The smallest absolute Gasteiger partial charge is 0.178 e. The maximum atomic E-state index is 10.9. The van der Waals surface area contributed by atoms with Crippen LogP contribution in [0, 0.1) is 0 Å². The van der Waals surface area contributed by atoms with Gasteiger partial charge in [0.15, 0.2) is 5.78 Å². The largest absolute Gasteiger partial charge is 0.357 e. The number of hydrogen-bond acceptors (Lipinski definition) is 2. The Hall–Kier alpha value is -1.83. The molecule has 2 nitrogen and oxygen atoms in total. The molecular formula is C12H11NO. The van der Waals surface area contributed by atoms with Gasteiger partial charge in [-0.2, -0.15) is 0 Å². The van der Waals surface area contributed by atoms with Crippen molar-refractivity contribution in [2.45, 2.75) is 0 Å². The van der Waals surface area contributed by atoms with Crippen LogP contribution >= 0.6 is 0 Å². The Morgan fingerprint density at radius 1 is 0.857 bits per heavy atom. The van der Waals surface area contributed by atoms with E-state index < -0.39 is 0 Å². The third-order valence-corrected chi connectivity index (χ3v) is 2.17. The molecule has 2 rings (SSSR count). The molecule has 1 aliphatic heterocycles. The SMILES string of the molecule is CN1C=CC(=C2C=CC(=O)C=C2)C=C1. The van der Waals surface area contributed by atoms with Crippen molar-refractivity contribution >= 4 is 5.78 Å². The molecule has 0 N–H and O–H groups in total. The van der Waals surface area contributed by atoms with E-state index >= 15 is 0 Å². The van der Waals surface area contributed by atoms with Crippen molar-refractivity contribution in [1.82, 2.24) is 4.90 Å². The standard InChI is InChI=1S/C12H11NO/c1-13-8-6-11(7-9-13)10-2-4-12(14)5-3-10/h2-9H,1H3. The molecule has 0 bridgehead atoms. The lowest BCUT2D eigenvalue weighted by molar-refractivity contribution is -0.110. The first-order valence-electron chi connectivity index (χ1n) is 4.48. The highest BCUT2D eigenvalue weighted by molar-refractivity contribution is 6.01. The molecule has 0 aromatic heterocycles. The molecule has 0 aromatic carbocycles. The molecule has 70 valence electrons. The minimum Gasteiger partial charge on any atom is -0.357 e. The summed E-state index contributed by atoms with van der Waals surface area (Å²) in [5.41, 5.74) is 2.20. The maximum absolute atomic E-state index is 10.9. The first-order valence-corrected chi connectivity index (χ1v) is 4.48. The van der Waals surface area contributed by atoms with E-state index in [4.69, 9.17) is 0 Å². The van der Waals surface area contributed by atoms with E-state index in [0.29, 0.717) is 0 Å². The Morgan fingerprint density at radius 2 is 1.36 bits per heavy atom. The van der Waals surface area contributed by atoms with Crippen molar-refractivity contribution in [3.8, 4) is 0 Å². The van der Waals surface area contributed by atoms with Gasteiger partial charge >= 0.3 is 0 Å². The number of nitrogens with zero attached hydrogens (tertiary/aromatic N) is 1. The molecule has 0 amide bonds. The van der Waals surface area contributed by atoms with Crippen molar-refractivity contribution in [2.75, 3.05) is 7.05 Å². The summed E-state index contributed by atoms with van der Waals surface area (Å²) in [7, 11) is 1.98. The van der Waals surface area contributed by atoms with Crippen LogP contribution in [-0.2, 0) is 4.79 Å². The molecule has 0 aromatic rings.